The van der Waals surface area contributed by atoms with Gasteiger partial charge in [-0.1, -0.05) is 5.16 Å². The number of nitrogens with zero attached hydrogens (tertiary/aromatic N) is 4. The van der Waals surface area contributed by atoms with Gasteiger partial charge in [-0.2, -0.15) is 9.40 Å². The number of aromatic carboxylic acids is 1. The van der Waals surface area contributed by atoms with Crippen LogP contribution in [0.3, 0.4) is 0 Å². The number of hydrogen-bond donors (Lipinski definition) is 1. The van der Waals surface area contributed by atoms with Gasteiger partial charge in [-0.25, -0.2) is 13.2 Å². The van der Waals surface area contributed by atoms with Gasteiger partial charge in [-0.15, -0.1) is 0 Å². The van der Waals surface area contributed by atoms with E-state index in [4.69, 9.17) is 9.63 Å². The Kier molecular flexibility index (Phi) is 3.72. The van der Waals surface area contributed by atoms with E-state index < -0.39 is 16.0 Å². The van der Waals surface area contributed by atoms with E-state index in [1.807, 2.05) is 13.8 Å². The van der Waals surface area contributed by atoms with Crippen LogP contribution in [0.25, 0.3) is 0 Å². The van der Waals surface area contributed by atoms with Crippen molar-refractivity contribution in [1.29, 1.82) is 0 Å². The lowest BCUT2D eigenvalue weighted by atomic mass is 10.1. The minimum atomic E-state index is -3.75. The molecule has 0 unspecified atom stereocenters. The van der Waals surface area contributed by atoms with Crippen LogP contribution in [0.4, 0.5) is 0 Å². The fraction of sp³-hybridized carbons (Fsp3) is 0.462. The van der Waals surface area contributed by atoms with Gasteiger partial charge in [-0.3, -0.25) is 4.68 Å². The molecular formula is C13H16N4O5S. The fourth-order valence-electron chi connectivity index (χ4n) is 2.44. The molecule has 0 radical (unpaired) electrons. The van der Waals surface area contributed by atoms with Gasteiger partial charge in [-0.05, 0) is 13.8 Å². The highest BCUT2D eigenvalue weighted by Gasteiger charge is 2.34. The highest BCUT2D eigenvalue weighted by atomic mass is 32.2. The van der Waals surface area contributed by atoms with Crippen molar-refractivity contribution >= 4 is 16.0 Å². The molecule has 0 aliphatic carbocycles. The normalized spacial score (nSPS) is 15.8. The van der Waals surface area contributed by atoms with Crippen molar-refractivity contribution in [2.24, 2.45) is 0 Å². The van der Waals surface area contributed by atoms with Crippen LogP contribution in [0.2, 0.25) is 0 Å². The first kappa shape index (κ1) is 15.7. The number of carbonyl (C=O) groups is 1. The molecule has 124 valence electrons. The molecule has 2 aromatic rings. The summed E-state index contributed by atoms with van der Waals surface area (Å²) in [6.07, 6.45) is 3.06. The standard InChI is InChI=1S/C13H16N4O5S/c1-8(2)17-6-9(5-14-17)23(20,21)16-4-3-11-10(7-16)12(13(18)19)15-22-11/h5-6,8H,3-4,7H2,1-2H3,(H,18,19). The topological polar surface area (TPSA) is 119 Å². The lowest BCUT2D eigenvalue weighted by molar-refractivity contribution is 0.0684. The number of carboxylic acids is 1. The van der Waals surface area contributed by atoms with Gasteiger partial charge in [0, 0.05) is 37.3 Å². The highest BCUT2D eigenvalue weighted by molar-refractivity contribution is 7.89. The summed E-state index contributed by atoms with van der Waals surface area (Å²) in [6, 6.07) is 0.0450. The molecular weight excluding hydrogens is 324 g/mol. The smallest absolute Gasteiger partial charge is 0.358 e. The zero-order valence-electron chi connectivity index (χ0n) is 12.6. The Balaban J connectivity index is 1.92. The molecule has 0 spiro atoms. The highest BCUT2D eigenvalue weighted by Crippen LogP contribution is 2.27. The third-order valence-corrected chi connectivity index (χ3v) is 5.54. The number of carboxylic acid groups (broad SMARTS) is 1. The average molecular weight is 340 g/mol. The van der Waals surface area contributed by atoms with E-state index >= 15 is 0 Å². The molecule has 1 aliphatic heterocycles. The van der Waals surface area contributed by atoms with E-state index in [1.54, 1.807) is 4.68 Å². The molecule has 2 aromatic heterocycles. The molecule has 10 heteroatoms. The predicted molar refractivity (Wildman–Crippen MR) is 77.4 cm³/mol. The molecule has 3 heterocycles. The second-order valence-electron chi connectivity index (χ2n) is 5.58. The largest absolute Gasteiger partial charge is 0.476 e. The van der Waals surface area contributed by atoms with Crippen LogP contribution in [0.1, 0.15) is 41.7 Å². The van der Waals surface area contributed by atoms with Crippen molar-refractivity contribution in [3.63, 3.8) is 0 Å². The maximum absolute atomic E-state index is 12.7. The molecule has 0 amide bonds. The number of rotatable bonds is 4. The van der Waals surface area contributed by atoms with Crippen molar-refractivity contribution in [1.82, 2.24) is 19.2 Å². The Morgan fingerprint density at radius 1 is 1.43 bits per heavy atom. The first-order valence-electron chi connectivity index (χ1n) is 7.05. The van der Waals surface area contributed by atoms with E-state index in [2.05, 4.69) is 10.3 Å². The van der Waals surface area contributed by atoms with E-state index in [9.17, 15) is 13.2 Å². The molecule has 0 atom stereocenters. The molecule has 0 fully saturated rings. The molecule has 0 saturated heterocycles. The van der Waals surface area contributed by atoms with Crippen LogP contribution in [0.15, 0.2) is 21.8 Å². The summed E-state index contributed by atoms with van der Waals surface area (Å²) >= 11 is 0. The van der Waals surface area contributed by atoms with E-state index in [-0.39, 0.29) is 36.1 Å². The fourth-order valence-corrected chi connectivity index (χ4v) is 3.79. The summed E-state index contributed by atoms with van der Waals surface area (Å²) in [6.45, 7) is 3.92. The lowest BCUT2D eigenvalue weighted by Crippen LogP contribution is -2.36. The third kappa shape index (κ3) is 2.63. The van der Waals surface area contributed by atoms with E-state index in [0.29, 0.717) is 11.3 Å². The molecule has 1 N–H and O–H groups in total. The van der Waals surface area contributed by atoms with E-state index in [0.717, 1.165) is 0 Å². The van der Waals surface area contributed by atoms with Crippen LogP contribution in [0.5, 0.6) is 0 Å². The van der Waals surface area contributed by atoms with Crippen LogP contribution >= 0.6 is 0 Å². The Labute approximate surface area is 132 Å². The van der Waals surface area contributed by atoms with Crippen molar-refractivity contribution in [3.05, 3.63) is 29.4 Å². The van der Waals surface area contributed by atoms with Gasteiger partial charge in [0.15, 0.2) is 5.69 Å². The zero-order valence-corrected chi connectivity index (χ0v) is 13.4. The molecule has 0 saturated carbocycles. The predicted octanol–water partition coefficient (Wildman–Crippen LogP) is 0.897. The van der Waals surface area contributed by atoms with Crippen molar-refractivity contribution in [2.45, 2.75) is 37.8 Å². The van der Waals surface area contributed by atoms with Crippen LogP contribution < -0.4 is 0 Å². The summed E-state index contributed by atoms with van der Waals surface area (Å²) in [5.74, 6) is -0.811. The number of hydrogen-bond acceptors (Lipinski definition) is 6. The molecule has 0 aromatic carbocycles. The molecule has 0 bridgehead atoms. The second kappa shape index (κ2) is 5.46. The number of aromatic nitrogens is 3. The average Bonchev–Trinajstić information content (AvgIpc) is 3.13. The van der Waals surface area contributed by atoms with Gasteiger partial charge in [0.05, 0.1) is 6.20 Å². The van der Waals surface area contributed by atoms with Gasteiger partial charge in [0.25, 0.3) is 0 Å². The van der Waals surface area contributed by atoms with Crippen molar-refractivity contribution in [3.8, 4) is 0 Å². The SMILES string of the molecule is CC(C)n1cc(S(=O)(=O)N2CCc3onc(C(=O)O)c3C2)cn1. The second-order valence-corrected chi connectivity index (χ2v) is 7.51. The minimum Gasteiger partial charge on any atom is -0.476 e. The Hall–Kier alpha value is -2.20. The molecule has 23 heavy (non-hydrogen) atoms. The van der Waals surface area contributed by atoms with Crippen LogP contribution in [0, 0.1) is 0 Å². The maximum atomic E-state index is 12.7. The van der Waals surface area contributed by atoms with Crippen molar-refractivity contribution in [2.75, 3.05) is 6.54 Å². The first-order chi connectivity index (χ1) is 10.8. The third-order valence-electron chi connectivity index (χ3n) is 3.74. The Morgan fingerprint density at radius 3 is 2.78 bits per heavy atom. The summed E-state index contributed by atoms with van der Waals surface area (Å²) in [5, 5.41) is 16.6. The van der Waals surface area contributed by atoms with Gasteiger partial charge in [0.1, 0.15) is 10.7 Å². The lowest BCUT2D eigenvalue weighted by Gasteiger charge is -2.24. The van der Waals surface area contributed by atoms with Crippen LogP contribution in [-0.2, 0) is 23.0 Å². The quantitative estimate of drug-likeness (QED) is 0.878. The van der Waals surface area contributed by atoms with Crippen molar-refractivity contribution < 1.29 is 22.8 Å². The Morgan fingerprint density at radius 2 is 2.17 bits per heavy atom. The summed E-state index contributed by atoms with van der Waals surface area (Å²) < 4.78 is 33.2. The van der Waals surface area contributed by atoms with Gasteiger partial charge < -0.3 is 9.63 Å². The van der Waals surface area contributed by atoms with Crippen LogP contribution in [-0.4, -0.2) is 45.3 Å². The molecule has 3 rings (SSSR count). The summed E-state index contributed by atoms with van der Waals surface area (Å²) in [4.78, 5) is 11.2. The number of fused-ring (bicyclic) bond motifs is 1. The summed E-state index contributed by atoms with van der Waals surface area (Å²) in [7, 11) is -3.75. The minimum absolute atomic E-state index is 0.0450. The maximum Gasteiger partial charge on any atom is 0.358 e. The Bertz CT molecular complexity index is 852. The zero-order chi connectivity index (χ0) is 16.8. The van der Waals surface area contributed by atoms with Gasteiger partial charge in [0.2, 0.25) is 10.0 Å². The molecule has 9 nitrogen and oxygen atoms in total. The van der Waals surface area contributed by atoms with E-state index in [1.165, 1.54) is 16.7 Å². The van der Waals surface area contributed by atoms with Gasteiger partial charge >= 0.3 is 5.97 Å². The monoisotopic (exact) mass is 340 g/mol. The molecule has 1 aliphatic rings. The first-order valence-corrected chi connectivity index (χ1v) is 8.49. The number of sulfonamides is 1. The summed E-state index contributed by atoms with van der Waals surface area (Å²) in [5.41, 5.74) is 0.0707.